The van der Waals surface area contributed by atoms with Gasteiger partial charge in [-0.15, -0.1) is 0 Å². The quantitative estimate of drug-likeness (QED) is 0.887. The predicted octanol–water partition coefficient (Wildman–Crippen LogP) is 2.57. The number of rotatable bonds is 3. The monoisotopic (exact) mass is 303 g/mol. The van der Waals surface area contributed by atoms with Gasteiger partial charge in [-0.2, -0.15) is 0 Å². The van der Waals surface area contributed by atoms with Crippen molar-refractivity contribution in [3.05, 3.63) is 41.0 Å². The number of para-hydroxylation sites is 1. The summed E-state index contributed by atoms with van der Waals surface area (Å²) in [6, 6.07) is 9.20. The second-order valence-electron chi connectivity index (χ2n) is 5.64. The van der Waals surface area contributed by atoms with E-state index in [2.05, 4.69) is 22.2 Å². The molecule has 1 atom stereocenters. The average Bonchev–Trinajstić information content (AvgIpc) is 2.89. The lowest BCUT2D eigenvalue weighted by atomic mass is 10.1. The molecule has 0 radical (unpaired) electrons. The lowest BCUT2D eigenvalue weighted by Crippen LogP contribution is -2.30. The minimum absolute atomic E-state index is 0.0787. The van der Waals surface area contributed by atoms with E-state index in [4.69, 9.17) is 11.6 Å². The lowest BCUT2D eigenvalue weighted by molar-refractivity contribution is 0.0949. The molecule has 3 rings (SSSR count). The van der Waals surface area contributed by atoms with E-state index >= 15 is 0 Å². The number of fused-ring (bicyclic) bond motifs is 1. The number of aromatic nitrogens is 1. The SMILES string of the molecule is CN1CCC(CNC(=O)c2cc(Cl)nc3ccccc23)C1. The molecule has 1 saturated heterocycles. The summed E-state index contributed by atoms with van der Waals surface area (Å²) in [5, 5.41) is 4.21. The van der Waals surface area contributed by atoms with Crippen molar-refractivity contribution in [3.8, 4) is 0 Å². The highest BCUT2D eigenvalue weighted by atomic mass is 35.5. The second-order valence-corrected chi connectivity index (χ2v) is 6.02. The van der Waals surface area contributed by atoms with E-state index < -0.39 is 0 Å². The third kappa shape index (κ3) is 3.17. The van der Waals surface area contributed by atoms with E-state index in [0.717, 1.165) is 30.4 Å². The molecule has 4 nitrogen and oxygen atoms in total. The summed E-state index contributed by atoms with van der Waals surface area (Å²) in [6.07, 6.45) is 1.13. The van der Waals surface area contributed by atoms with Crippen LogP contribution in [0.1, 0.15) is 16.8 Å². The Kier molecular flexibility index (Phi) is 4.08. The number of pyridine rings is 1. The molecule has 1 aliphatic rings. The van der Waals surface area contributed by atoms with Crippen molar-refractivity contribution < 1.29 is 4.79 Å². The molecule has 1 N–H and O–H groups in total. The Morgan fingerprint density at radius 1 is 1.48 bits per heavy atom. The van der Waals surface area contributed by atoms with Crippen LogP contribution in [0.3, 0.4) is 0 Å². The summed E-state index contributed by atoms with van der Waals surface area (Å²) in [5.41, 5.74) is 1.34. The Hall–Kier alpha value is -1.65. The van der Waals surface area contributed by atoms with Gasteiger partial charge in [0.15, 0.2) is 0 Å². The van der Waals surface area contributed by atoms with E-state index in [9.17, 15) is 4.79 Å². The van der Waals surface area contributed by atoms with Crippen molar-refractivity contribution >= 4 is 28.4 Å². The number of carbonyl (C=O) groups is 1. The molecule has 0 spiro atoms. The van der Waals surface area contributed by atoms with Gasteiger partial charge in [0.05, 0.1) is 11.1 Å². The van der Waals surface area contributed by atoms with Crippen LogP contribution < -0.4 is 5.32 Å². The molecule has 0 bridgehead atoms. The average molecular weight is 304 g/mol. The topological polar surface area (TPSA) is 45.2 Å². The number of likely N-dealkylation sites (tertiary alicyclic amines) is 1. The number of nitrogens with one attached hydrogen (secondary N) is 1. The summed E-state index contributed by atoms with van der Waals surface area (Å²) in [5.74, 6) is 0.451. The molecule has 0 saturated carbocycles. The summed E-state index contributed by atoms with van der Waals surface area (Å²) in [4.78, 5) is 19.0. The predicted molar refractivity (Wildman–Crippen MR) is 84.7 cm³/mol. The first-order chi connectivity index (χ1) is 10.1. The van der Waals surface area contributed by atoms with E-state index in [-0.39, 0.29) is 5.91 Å². The molecule has 110 valence electrons. The Morgan fingerprint density at radius 2 is 2.29 bits per heavy atom. The molecule has 2 aromatic rings. The van der Waals surface area contributed by atoms with Crippen LogP contribution in [0.4, 0.5) is 0 Å². The van der Waals surface area contributed by atoms with Gasteiger partial charge in [0.2, 0.25) is 0 Å². The minimum atomic E-state index is -0.0787. The minimum Gasteiger partial charge on any atom is -0.352 e. The highest BCUT2D eigenvalue weighted by Gasteiger charge is 2.20. The van der Waals surface area contributed by atoms with Gasteiger partial charge in [-0.1, -0.05) is 29.8 Å². The van der Waals surface area contributed by atoms with Crippen LogP contribution in [0, 0.1) is 5.92 Å². The zero-order valence-electron chi connectivity index (χ0n) is 12.0. The Balaban J connectivity index is 1.78. The third-order valence-electron chi connectivity index (χ3n) is 3.97. The molecule has 1 unspecified atom stereocenters. The molecular formula is C16H18ClN3O. The fraction of sp³-hybridized carbons (Fsp3) is 0.375. The number of amides is 1. The number of carbonyl (C=O) groups excluding carboxylic acids is 1. The summed E-state index contributed by atoms with van der Waals surface area (Å²) in [6.45, 7) is 2.85. The maximum absolute atomic E-state index is 12.4. The largest absolute Gasteiger partial charge is 0.352 e. The number of halogens is 1. The maximum Gasteiger partial charge on any atom is 0.252 e. The normalized spacial score (nSPS) is 19.0. The second kappa shape index (κ2) is 6.00. The summed E-state index contributed by atoms with van der Waals surface area (Å²) < 4.78 is 0. The van der Waals surface area contributed by atoms with E-state index in [1.807, 2.05) is 24.3 Å². The van der Waals surface area contributed by atoms with Gasteiger partial charge in [0.1, 0.15) is 5.15 Å². The van der Waals surface area contributed by atoms with Crippen molar-refractivity contribution in [2.24, 2.45) is 5.92 Å². The van der Waals surface area contributed by atoms with Gasteiger partial charge < -0.3 is 10.2 Å². The molecule has 2 heterocycles. The zero-order chi connectivity index (χ0) is 14.8. The first-order valence-electron chi connectivity index (χ1n) is 7.15. The van der Waals surface area contributed by atoms with Crippen LogP contribution in [0.15, 0.2) is 30.3 Å². The van der Waals surface area contributed by atoms with Crippen molar-refractivity contribution in [1.29, 1.82) is 0 Å². The number of nitrogens with zero attached hydrogens (tertiary/aromatic N) is 2. The highest BCUT2D eigenvalue weighted by molar-refractivity contribution is 6.30. The summed E-state index contributed by atoms with van der Waals surface area (Å²) >= 11 is 6.02. The van der Waals surface area contributed by atoms with E-state index in [1.54, 1.807) is 6.07 Å². The van der Waals surface area contributed by atoms with Gasteiger partial charge in [-0.05, 0) is 38.1 Å². The maximum atomic E-state index is 12.4. The Labute approximate surface area is 129 Å². The summed E-state index contributed by atoms with van der Waals surface area (Å²) in [7, 11) is 2.11. The first-order valence-corrected chi connectivity index (χ1v) is 7.53. The number of hydrogen-bond donors (Lipinski definition) is 1. The zero-order valence-corrected chi connectivity index (χ0v) is 12.7. The van der Waals surface area contributed by atoms with Crippen LogP contribution in [-0.4, -0.2) is 42.5 Å². The third-order valence-corrected chi connectivity index (χ3v) is 4.16. The molecule has 1 amide bonds. The van der Waals surface area contributed by atoms with Gasteiger partial charge in [-0.3, -0.25) is 4.79 Å². The fourth-order valence-corrected chi connectivity index (χ4v) is 3.06. The van der Waals surface area contributed by atoms with Gasteiger partial charge in [0, 0.05) is 18.5 Å². The Morgan fingerprint density at radius 3 is 3.05 bits per heavy atom. The molecular weight excluding hydrogens is 286 g/mol. The number of benzene rings is 1. The van der Waals surface area contributed by atoms with Crippen LogP contribution in [0.25, 0.3) is 10.9 Å². The van der Waals surface area contributed by atoms with Crippen molar-refractivity contribution in [3.63, 3.8) is 0 Å². The van der Waals surface area contributed by atoms with E-state index in [1.165, 1.54) is 0 Å². The smallest absolute Gasteiger partial charge is 0.252 e. The van der Waals surface area contributed by atoms with Crippen molar-refractivity contribution in [2.75, 3.05) is 26.7 Å². The molecule has 1 fully saturated rings. The van der Waals surface area contributed by atoms with Crippen molar-refractivity contribution in [2.45, 2.75) is 6.42 Å². The van der Waals surface area contributed by atoms with Crippen LogP contribution >= 0.6 is 11.6 Å². The fourth-order valence-electron chi connectivity index (χ4n) is 2.86. The van der Waals surface area contributed by atoms with Gasteiger partial charge >= 0.3 is 0 Å². The molecule has 5 heteroatoms. The van der Waals surface area contributed by atoms with Crippen LogP contribution in [-0.2, 0) is 0 Å². The molecule has 0 aliphatic carbocycles. The molecule has 1 aromatic heterocycles. The van der Waals surface area contributed by atoms with Crippen molar-refractivity contribution in [1.82, 2.24) is 15.2 Å². The van der Waals surface area contributed by atoms with Gasteiger partial charge in [0.25, 0.3) is 5.91 Å². The van der Waals surface area contributed by atoms with Crippen LogP contribution in [0.2, 0.25) is 5.15 Å². The van der Waals surface area contributed by atoms with Crippen LogP contribution in [0.5, 0.6) is 0 Å². The molecule has 1 aliphatic heterocycles. The highest BCUT2D eigenvalue weighted by Crippen LogP contribution is 2.21. The van der Waals surface area contributed by atoms with E-state index in [0.29, 0.717) is 23.2 Å². The molecule has 21 heavy (non-hydrogen) atoms. The Bertz CT molecular complexity index is 674. The first kappa shape index (κ1) is 14.3. The number of hydrogen-bond acceptors (Lipinski definition) is 3. The standard InChI is InChI=1S/C16H18ClN3O/c1-20-7-6-11(10-20)9-18-16(21)13-8-15(17)19-14-5-3-2-4-12(13)14/h2-5,8,11H,6-7,9-10H2,1H3,(H,18,21). The lowest BCUT2D eigenvalue weighted by Gasteiger charge is -2.13. The molecule has 1 aromatic carbocycles. The van der Waals surface area contributed by atoms with Gasteiger partial charge in [-0.25, -0.2) is 4.98 Å².